The van der Waals surface area contributed by atoms with Crippen LogP contribution < -0.4 is 10.5 Å². The second-order valence-corrected chi connectivity index (χ2v) is 5.06. The van der Waals surface area contributed by atoms with Crippen molar-refractivity contribution in [3.05, 3.63) is 29.8 Å². The van der Waals surface area contributed by atoms with Crippen LogP contribution in [0.4, 0.5) is 0 Å². The van der Waals surface area contributed by atoms with E-state index in [1.165, 1.54) is 37.9 Å². The van der Waals surface area contributed by atoms with E-state index >= 15 is 0 Å². The minimum absolute atomic E-state index is 0.352. The molecule has 0 aromatic heterocycles. The summed E-state index contributed by atoms with van der Waals surface area (Å²) in [7, 11) is 0. The van der Waals surface area contributed by atoms with Crippen molar-refractivity contribution in [2.45, 2.75) is 32.2 Å². The molecule has 0 radical (unpaired) electrons. The number of rotatable bonds is 5. The van der Waals surface area contributed by atoms with Gasteiger partial charge >= 0.3 is 0 Å². The normalized spacial score (nSPS) is 18.6. The largest absolute Gasteiger partial charge is 0.492 e. The Balaban J connectivity index is 1.88. The Labute approximate surface area is 110 Å². The number of benzene rings is 1. The molecule has 3 nitrogen and oxygen atoms in total. The molecule has 0 saturated carbocycles. The van der Waals surface area contributed by atoms with Gasteiger partial charge in [-0.25, -0.2) is 0 Å². The molecule has 1 aliphatic heterocycles. The zero-order valence-electron chi connectivity index (χ0n) is 11.3. The van der Waals surface area contributed by atoms with Crippen LogP contribution in [0, 0.1) is 6.92 Å². The van der Waals surface area contributed by atoms with Crippen LogP contribution in [-0.4, -0.2) is 37.2 Å². The first-order valence-electron chi connectivity index (χ1n) is 6.94. The predicted molar refractivity (Wildman–Crippen MR) is 74.9 cm³/mol. The number of hydrogen-bond donors (Lipinski definition) is 1. The topological polar surface area (TPSA) is 38.5 Å². The summed E-state index contributed by atoms with van der Waals surface area (Å²) in [5, 5.41) is 0. The van der Waals surface area contributed by atoms with Gasteiger partial charge in [-0.05, 0) is 44.5 Å². The Morgan fingerprint density at radius 1 is 1.22 bits per heavy atom. The van der Waals surface area contributed by atoms with Crippen molar-refractivity contribution in [2.24, 2.45) is 5.73 Å². The zero-order chi connectivity index (χ0) is 12.8. The summed E-state index contributed by atoms with van der Waals surface area (Å²) >= 11 is 0. The summed E-state index contributed by atoms with van der Waals surface area (Å²) in [6.45, 7) is 5.78. The van der Waals surface area contributed by atoms with Gasteiger partial charge in [0.15, 0.2) is 0 Å². The molecule has 0 amide bonds. The fraction of sp³-hybridized carbons (Fsp3) is 0.600. The van der Waals surface area contributed by atoms with Crippen LogP contribution in [0.5, 0.6) is 5.75 Å². The highest BCUT2D eigenvalue weighted by Crippen LogP contribution is 2.18. The third-order valence-corrected chi connectivity index (χ3v) is 3.70. The lowest BCUT2D eigenvalue weighted by Gasteiger charge is -2.33. The first-order valence-corrected chi connectivity index (χ1v) is 6.94. The van der Waals surface area contributed by atoms with Gasteiger partial charge in [-0.1, -0.05) is 24.6 Å². The monoisotopic (exact) mass is 248 g/mol. The van der Waals surface area contributed by atoms with Crippen LogP contribution in [0.1, 0.15) is 24.8 Å². The molecule has 100 valence electrons. The highest BCUT2D eigenvalue weighted by atomic mass is 16.5. The summed E-state index contributed by atoms with van der Waals surface area (Å²) < 4.78 is 5.92. The molecule has 1 heterocycles. The number of piperidine rings is 1. The third kappa shape index (κ3) is 3.47. The number of hydrogen-bond acceptors (Lipinski definition) is 3. The average molecular weight is 248 g/mol. The first-order chi connectivity index (χ1) is 8.81. The van der Waals surface area contributed by atoms with Crippen molar-refractivity contribution in [1.82, 2.24) is 4.90 Å². The number of aryl methyl sites for hydroxylation is 1. The molecule has 1 aliphatic rings. The Hall–Kier alpha value is -1.06. The van der Waals surface area contributed by atoms with Gasteiger partial charge in [-0.15, -0.1) is 0 Å². The van der Waals surface area contributed by atoms with Crippen LogP contribution >= 0.6 is 0 Å². The third-order valence-electron chi connectivity index (χ3n) is 3.70. The summed E-state index contributed by atoms with van der Waals surface area (Å²) in [5.41, 5.74) is 7.07. The van der Waals surface area contributed by atoms with Crippen molar-refractivity contribution in [3.8, 4) is 5.75 Å². The van der Waals surface area contributed by atoms with Crippen LogP contribution in [0.3, 0.4) is 0 Å². The average Bonchev–Trinajstić information content (AvgIpc) is 2.42. The smallest absolute Gasteiger partial charge is 0.122 e. The SMILES string of the molecule is Cc1ccccc1OCC(CN)N1CCCCC1. The number of ether oxygens (including phenoxy) is 1. The summed E-state index contributed by atoms with van der Waals surface area (Å²) in [5.74, 6) is 0.980. The van der Waals surface area contributed by atoms with E-state index in [-0.39, 0.29) is 0 Å². The summed E-state index contributed by atoms with van der Waals surface area (Å²) in [6, 6.07) is 8.51. The van der Waals surface area contributed by atoms with Gasteiger partial charge in [0.1, 0.15) is 12.4 Å². The van der Waals surface area contributed by atoms with E-state index in [4.69, 9.17) is 10.5 Å². The molecule has 18 heavy (non-hydrogen) atoms. The van der Waals surface area contributed by atoms with Gasteiger partial charge in [0.2, 0.25) is 0 Å². The molecule has 0 spiro atoms. The molecule has 3 heteroatoms. The molecule has 1 unspecified atom stereocenters. The summed E-state index contributed by atoms with van der Waals surface area (Å²) in [4.78, 5) is 2.47. The van der Waals surface area contributed by atoms with Gasteiger partial charge < -0.3 is 10.5 Å². The minimum atomic E-state index is 0.352. The lowest BCUT2D eigenvalue weighted by atomic mass is 10.1. The van der Waals surface area contributed by atoms with Gasteiger partial charge in [0.05, 0.1) is 6.04 Å². The van der Waals surface area contributed by atoms with E-state index in [1.807, 2.05) is 18.2 Å². The minimum Gasteiger partial charge on any atom is -0.492 e. The van der Waals surface area contributed by atoms with E-state index in [0.29, 0.717) is 19.2 Å². The Kier molecular flexibility index (Phi) is 5.02. The Bertz CT molecular complexity index is 361. The standard InChI is InChI=1S/C15H24N2O/c1-13-7-3-4-8-15(13)18-12-14(11-16)17-9-5-2-6-10-17/h3-4,7-8,14H,2,5-6,9-12,16H2,1H3. The Morgan fingerprint density at radius 3 is 2.61 bits per heavy atom. The van der Waals surface area contributed by atoms with Gasteiger partial charge in [0, 0.05) is 6.54 Å². The van der Waals surface area contributed by atoms with E-state index < -0.39 is 0 Å². The Morgan fingerprint density at radius 2 is 1.94 bits per heavy atom. The number of likely N-dealkylation sites (tertiary alicyclic amines) is 1. The molecule has 1 atom stereocenters. The van der Waals surface area contributed by atoms with Gasteiger partial charge in [0.25, 0.3) is 0 Å². The maximum Gasteiger partial charge on any atom is 0.122 e. The maximum absolute atomic E-state index is 5.92. The van der Waals surface area contributed by atoms with Crippen molar-refractivity contribution < 1.29 is 4.74 Å². The lowest BCUT2D eigenvalue weighted by molar-refractivity contribution is 0.118. The van der Waals surface area contributed by atoms with E-state index in [1.54, 1.807) is 0 Å². The molecule has 1 aromatic rings. The number of para-hydroxylation sites is 1. The van der Waals surface area contributed by atoms with E-state index in [2.05, 4.69) is 17.9 Å². The van der Waals surface area contributed by atoms with Crippen LogP contribution in [0.25, 0.3) is 0 Å². The van der Waals surface area contributed by atoms with Gasteiger partial charge in [-0.2, -0.15) is 0 Å². The first kappa shape index (κ1) is 13.4. The van der Waals surface area contributed by atoms with Crippen molar-refractivity contribution in [3.63, 3.8) is 0 Å². The lowest BCUT2D eigenvalue weighted by Crippen LogP contribution is -2.46. The molecule has 2 rings (SSSR count). The van der Waals surface area contributed by atoms with Crippen LogP contribution in [0.15, 0.2) is 24.3 Å². The van der Waals surface area contributed by atoms with E-state index in [0.717, 1.165) is 5.75 Å². The molecular weight excluding hydrogens is 224 g/mol. The number of nitrogens with two attached hydrogens (primary N) is 1. The molecule has 1 saturated heterocycles. The second kappa shape index (κ2) is 6.76. The van der Waals surface area contributed by atoms with E-state index in [9.17, 15) is 0 Å². The molecule has 1 fully saturated rings. The highest BCUT2D eigenvalue weighted by Gasteiger charge is 2.20. The molecule has 0 aliphatic carbocycles. The quantitative estimate of drug-likeness (QED) is 0.868. The summed E-state index contributed by atoms with van der Waals surface area (Å²) in [6.07, 6.45) is 3.94. The predicted octanol–water partition coefficient (Wildman–Crippen LogP) is 2.19. The van der Waals surface area contributed by atoms with Crippen LogP contribution in [-0.2, 0) is 0 Å². The van der Waals surface area contributed by atoms with Crippen molar-refractivity contribution in [2.75, 3.05) is 26.2 Å². The van der Waals surface area contributed by atoms with Crippen molar-refractivity contribution in [1.29, 1.82) is 0 Å². The molecular formula is C15H24N2O. The fourth-order valence-corrected chi connectivity index (χ4v) is 2.51. The second-order valence-electron chi connectivity index (χ2n) is 5.06. The van der Waals surface area contributed by atoms with Gasteiger partial charge in [-0.3, -0.25) is 4.90 Å². The van der Waals surface area contributed by atoms with Crippen molar-refractivity contribution >= 4 is 0 Å². The zero-order valence-corrected chi connectivity index (χ0v) is 11.3. The van der Waals surface area contributed by atoms with Crippen LogP contribution in [0.2, 0.25) is 0 Å². The number of nitrogens with zero attached hydrogens (tertiary/aromatic N) is 1. The molecule has 1 aromatic carbocycles. The maximum atomic E-state index is 5.92. The fourth-order valence-electron chi connectivity index (χ4n) is 2.51. The molecule has 2 N–H and O–H groups in total. The molecule has 0 bridgehead atoms. The highest BCUT2D eigenvalue weighted by molar-refractivity contribution is 5.31.